The van der Waals surface area contributed by atoms with Crippen molar-refractivity contribution in [1.82, 2.24) is 4.98 Å². The second-order valence-corrected chi connectivity index (χ2v) is 7.49. The van der Waals surface area contributed by atoms with E-state index in [4.69, 9.17) is 14.6 Å². The van der Waals surface area contributed by atoms with Gasteiger partial charge in [-0.25, -0.2) is 4.98 Å². The minimum absolute atomic E-state index is 0.0164. The van der Waals surface area contributed by atoms with Gasteiger partial charge in [0.05, 0.1) is 18.3 Å². The van der Waals surface area contributed by atoms with Gasteiger partial charge in [0.15, 0.2) is 5.78 Å². The molecule has 0 amide bonds. The second-order valence-electron chi connectivity index (χ2n) is 7.49. The van der Waals surface area contributed by atoms with Crippen LogP contribution in [0.3, 0.4) is 0 Å². The first-order chi connectivity index (χ1) is 15.6. The lowest BCUT2D eigenvalue weighted by molar-refractivity contribution is 0.101. The Morgan fingerprint density at radius 2 is 1.72 bits per heavy atom. The summed E-state index contributed by atoms with van der Waals surface area (Å²) in [7, 11) is 3.18. The average molecular weight is 423 g/mol. The number of methoxy groups -OCH3 is 1. The van der Waals surface area contributed by atoms with Gasteiger partial charge in [-0.3, -0.25) is 4.79 Å². The van der Waals surface area contributed by atoms with E-state index in [0.29, 0.717) is 17.1 Å². The fourth-order valence-corrected chi connectivity index (χ4v) is 4.22. The van der Waals surface area contributed by atoms with Crippen molar-refractivity contribution in [3.63, 3.8) is 0 Å². The molecule has 6 heteroatoms. The van der Waals surface area contributed by atoms with E-state index in [-0.39, 0.29) is 5.78 Å². The molecule has 158 valence electrons. The van der Waals surface area contributed by atoms with E-state index in [1.54, 1.807) is 14.0 Å². The summed E-state index contributed by atoms with van der Waals surface area (Å²) in [5.41, 5.74) is 6.57. The summed E-state index contributed by atoms with van der Waals surface area (Å²) in [4.78, 5) is 22.4. The Kier molecular flexibility index (Phi) is 4.82. The molecule has 1 aromatic heterocycles. The summed E-state index contributed by atoms with van der Waals surface area (Å²) in [6.45, 7) is 1.56. The third kappa shape index (κ3) is 3.08. The number of pyridine rings is 1. The number of Topliss-reactive ketones (excluding diaryl/α,β-unsaturated/α-hetero) is 1. The van der Waals surface area contributed by atoms with Crippen LogP contribution in [0.1, 0.15) is 28.4 Å². The summed E-state index contributed by atoms with van der Waals surface area (Å²) in [6.07, 6.45) is 0. The minimum Gasteiger partial charge on any atom is -0.497 e. The highest BCUT2D eigenvalue weighted by Crippen LogP contribution is 2.46. The highest BCUT2D eigenvalue weighted by molar-refractivity contribution is 6.31. The van der Waals surface area contributed by atoms with Crippen LogP contribution in [-0.2, 0) is 4.84 Å². The van der Waals surface area contributed by atoms with Crippen molar-refractivity contribution in [2.45, 2.75) is 6.92 Å². The first-order valence-corrected chi connectivity index (χ1v) is 10.2. The largest absolute Gasteiger partial charge is 0.497 e. The summed E-state index contributed by atoms with van der Waals surface area (Å²) < 4.78 is 5.46. The van der Waals surface area contributed by atoms with Crippen molar-refractivity contribution < 1.29 is 14.4 Å². The standard InChI is InChI=1S/C26H21N3O3/c1-15(30)17-8-4-6-10-21(17)27-26-24-18-13-12-16(31-2)14-20(18)25(29-32-3)23(24)19-9-5-7-11-22(19)28-26/h4-14H,1-3H3,(H,27,28)/b29-25-. The highest BCUT2D eigenvalue weighted by atomic mass is 16.6. The molecule has 1 aliphatic carbocycles. The maximum atomic E-state index is 12.2. The summed E-state index contributed by atoms with van der Waals surface area (Å²) in [5.74, 6) is 1.37. The topological polar surface area (TPSA) is 72.8 Å². The summed E-state index contributed by atoms with van der Waals surface area (Å²) in [6, 6.07) is 21.2. The molecule has 1 heterocycles. The van der Waals surface area contributed by atoms with Crippen LogP contribution in [0.5, 0.6) is 5.75 Å². The number of rotatable bonds is 5. The number of para-hydroxylation sites is 2. The van der Waals surface area contributed by atoms with Crippen LogP contribution in [0.4, 0.5) is 11.5 Å². The van der Waals surface area contributed by atoms with Crippen LogP contribution in [0.25, 0.3) is 22.0 Å². The average Bonchev–Trinajstić information content (AvgIpc) is 3.14. The van der Waals surface area contributed by atoms with Gasteiger partial charge in [0, 0.05) is 27.6 Å². The van der Waals surface area contributed by atoms with Crippen LogP contribution >= 0.6 is 0 Å². The lowest BCUT2D eigenvalue weighted by atomic mass is 10.0. The van der Waals surface area contributed by atoms with Crippen LogP contribution in [-0.4, -0.2) is 30.7 Å². The van der Waals surface area contributed by atoms with Gasteiger partial charge in [0.25, 0.3) is 0 Å². The molecule has 5 rings (SSSR count). The number of carbonyl (C=O) groups excluding carboxylic acids is 1. The zero-order valence-electron chi connectivity index (χ0n) is 18.0. The zero-order valence-corrected chi connectivity index (χ0v) is 18.0. The fraction of sp³-hybridized carbons (Fsp3) is 0.115. The predicted octanol–water partition coefficient (Wildman–Crippen LogP) is 5.57. The van der Waals surface area contributed by atoms with Crippen LogP contribution in [0.15, 0.2) is 71.9 Å². The number of nitrogens with zero attached hydrogens (tertiary/aromatic N) is 2. The number of hydrogen-bond donors (Lipinski definition) is 1. The van der Waals surface area contributed by atoms with E-state index in [9.17, 15) is 4.79 Å². The Morgan fingerprint density at radius 3 is 2.50 bits per heavy atom. The summed E-state index contributed by atoms with van der Waals surface area (Å²) in [5, 5.41) is 8.77. The summed E-state index contributed by atoms with van der Waals surface area (Å²) >= 11 is 0. The molecule has 0 unspecified atom stereocenters. The molecule has 6 nitrogen and oxygen atoms in total. The van der Waals surface area contributed by atoms with E-state index >= 15 is 0 Å². The minimum atomic E-state index is -0.0164. The van der Waals surface area contributed by atoms with Crippen molar-refractivity contribution in [2.24, 2.45) is 5.16 Å². The lowest BCUT2D eigenvalue weighted by Gasteiger charge is -2.15. The van der Waals surface area contributed by atoms with Gasteiger partial charge in [-0.1, -0.05) is 35.5 Å². The monoisotopic (exact) mass is 423 g/mol. The molecule has 0 aliphatic heterocycles. The molecule has 0 fully saturated rings. The Bertz CT molecular complexity index is 1410. The second kappa shape index (κ2) is 7.81. The number of hydrogen-bond acceptors (Lipinski definition) is 6. The van der Waals surface area contributed by atoms with Crippen molar-refractivity contribution >= 4 is 33.9 Å². The van der Waals surface area contributed by atoms with Gasteiger partial charge >= 0.3 is 0 Å². The first kappa shape index (κ1) is 19.8. The first-order valence-electron chi connectivity index (χ1n) is 10.2. The van der Waals surface area contributed by atoms with E-state index in [1.807, 2.05) is 66.7 Å². The van der Waals surface area contributed by atoms with Gasteiger partial charge in [-0.2, -0.15) is 0 Å². The van der Waals surface area contributed by atoms with Crippen molar-refractivity contribution in [1.29, 1.82) is 0 Å². The third-order valence-corrected chi connectivity index (χ3v) is 5.62. The van der Waals surface area contributed by atoms with Gasteiger partial charge in [0.1, 0.15) is 24.4 Å². The lowest BCUT2D eigenvalue weighted by Crippen LogP contribution is -2.05. The maximum Gasteiger partial charge on any atom is 0.161 e. The van der Waals surface area contributed by atoms with E-state index in [1.165, 1.54) is 7.11 Å². The Balaban J connectivity index is 1.82. The normalized spacial score (nSPS) is 13.0. The number of aromatic nitrogens is 1. The molecule has 0 spiro atoms. The molecule has 0 saturated carbocycles. The molecule has 0 saturated heterocycles. The van der Waals surface area contributed by atoms with Crippen molar-refractivity contribution in [3.05, 3.63) is 83.4 Å². The smallest absolute Gasteiger partial charge is 0.161 e. The molecule has 32 heavy (non-hydrogen) atoms. The number of benzene rings is 3. The number of nitrogens with one attached hydrogen (secondary N) is 1. The Morgan fingerprint density at radius 1 is 0.938 bits per heavy atom. The highest BCUT2D eigenvalue weighted by Gasteiger charge is 2.32. The SMILES string of the molecule is CO/N=C1/c2cc(OC)ccc2-c2c(Nc3ccccc3C(C)=O)nc3ccccc3c21. The number of fused-ring (bicyclic) bond motifs is 5. The predicted molar refractivity (Wildman–Crippen MR) is 126 cm³/mol. The van der Waals surface area contributed by atoms with E-state index in [0.717, 1.165) is 44.6 Å². The van der Waals surface area contributed by atoms with Crippen LogP contribution in [0.2, 0.25) is 0 Å². The Hall–Kier alpha value is -4.19. The van der Waals surface area contributed by atoms with Crippen molar-refractivity contribution in [3.8, 4) is 16.9 Å². The van der Waals surface area contributed by atoms with E-state index < -0.39 is 0 Å². The quantitative estimate of drug-likeness (QED) is 0.296. The number of ketones is 1. The molecule has 3 aromatic carbocycles. The Labute approximate surface area is 185 Å². The van der Waals surface area contributed by atoms with E-state index in [2.05, 4.69) is 10.5 Å². The molecule has 1 aliphatic rings. The van der Waals surface area contributed by atoms with Gasteiger partial charge in [0.2, 0.25) is 0 Å². The zero-order chi connectivity index (χ0) is 22.2. The molecule has 4 aromatic rings. The molecular weight excluding hydrogens is 402 g/mol. The maximum absolute atomic E-state index is 12.2. The van der Waals surface area contributed by atoms with Gasteiger partial charge < -0.3 is 14.9 Å². The molecule has 0 atom stereocenters. The number of anilines is 2. The van der Waals surface area contributed by atoms with Crippen molar-refractivity contribution in [2.75, 3.05) is 19.5 Å². The molecule has 1 N–H and O–H groups in total. The number of oxime groups is 1. The number of ether oxygens (including phenoxy) is 1. The number of carbonyl (C=O) groups is 1. The molecule has 0 radical (unpaired) electrons. The fourth-order valence-electron chi connectivity index (χ4n) is 4.22. The van der Waals surface area contributed by atoms with Crippen LogP contribution < -0.4 is 10.1 Å². The molecular formula is C26H21N3O3. The third-order valence-electron chi connectivity index (χ3n) is 5.62. The van der Waals surface area contributed by atoms with Gasteiger partial charge in [-0.05, 0) is 48.9 Å². The van der Waals surface area contributed by atoms with Gasteiger partial charge in [-0.15, -0.1) is 0 Å². The van der Waals surface area contributed by atoms with Crippen LogP contribution in [0, 0.1) is 0 Å². The molecule has 0 bridgehead atoms.